The minimum absolute atomic E-state index is 0.344. The summed E-state index contributed by atoms with van der Waals surface area (Å²) >= 11 is 0. The highest BCUT2D eigenvalue weighted by Crippen LogP contribution is 2.22. The van der Waals surface area contributed by atoms with Crippen molar-refractivity contribution in [3.63, 3.8) is 0 Å². The maximum atomic E-state index is 13.6. The highest BCUT2D eigenvalue weighted by molar-refractivity contribution is 6.08. The van der Waals surface area contributed by atoms with E-state index in [0.29, 0.717) is 41.5 Å². The van der Waals surface area contributed by atoms with Crippen LogP contribution in [0.3, 0.4) is 0 Å². The number of halogens is 1. The van der Waals surface area contributed by atoms with Crippen LogP contribution in [0.2, 0.25) is 0 Å². The predicted molar refractivity (Wildman–Crippen MR) is 114 cm³/mol. The van der Waals surface area contributed by atoms with Crippen LogP contribution in [0.1, 0.15) is 10.4 Å². The van der Waals surface area contributed by atoms with E-state index in [2.05, 4.69) is 25.3 Å². The van der Waals surface area contributed by atoms with E-state index in [9.17, 15) is 9.18 Å². The molecule has 1 aliphatic heterocycles. The molecule has 0 spiro atoms. The molecule has 5 rings (SSSR count). The second-order valence-electron chi connectivity index (χ2n) is 7.08. The number of rotatable bonds is 4. The minimum atomic E-state index is -0.355. The standard InChI is InChI=1S/C22H19FN6O2/c23-16-4-1-3-15(13-16)18-14-29-21(25-18)17(7-8-24-29)22(30)27-19-5-2-6-20(26-19)28-9-11-31-12-10-28/h1-8,13-14H,9-12H2,(H,26,27,30). The Morgan fingerprint density at radius 2 is 1.90 bits per heavy atom. The van der Waals surface area contributed by atoms with Crippen LogP contribution in [0.4, 0.5) is 16.0 Å². The first kappa shape index (κ1) is 19.1. The molecular formula is C22H19FN6O2. The number of carbonyl (C=O) groups excluding carboxylic acids is 1. The summed E-state index contributed by atoms with van der Waals surface area (Å²) in [7, 11) is 0. The van der Waals surface area contributed by atoms with E-state index in [-0.39, 0.29) is 11.7 Å². The topological polar surface area (TPSA) is 84.7 Å². The number of aromatic nitrogens is 4. The highest BCUT2D eigenvalue weighted by Gasteiger charge is 2.17. The average Bonchev–Trinajstić information content (AvgIpc) is 3.24. The summed E-state index contributed by atoms with van der Waals surface area (Å²) < 4.78 is 20.5. The molecule has 8 nitrogen and oxygen atoms in total. The van der Waals surface area contributed by atoms with E-state index in [1.807, 2.05) is 12.1 Å². The van der Waals surface area contributed by atoms with Gasteiger partial charge in [0, 0.05) is 24.8 Å². The van der Waals surface area contributed by atoms with E-state index in [1.165, 1.54) is 22.8 Å². The van der Waals surface area contributed by atoms with E-state index < -0.39 is 0 Å². The van der Waals surface area contributed by atoms with Gasteiger partial charge in [-0.05, 0) is 30.3 Å². The molecule has 0 unspecified atom stereocenters. The Balaban J connectivity index is 1.42. The summed E-state index contributed by atoms with van der Waals surface area (Å²) in [5.74, 6) is 0.526. The lowest BCUT2D eigenvalue weighted by Gasteiger charge is -2.28. The van der Waals surface area contributed by atoms with Crippen molar-refractivity contribution in [2.45, 2.75) is 0 Å². The molecule has 9 heteroatoms. The largest absolute Gasteiger partial charge is 0.378 e. The lowest BCUT2D eigenvalue weighted by Crippen LogP contribution is -2.36. The Hall–Kier alpha value is -3.85. The predicted octanol–water partition coefficient (Wildman–Crippen LogP) is 3.02. The maximum absolute atomic E-state index is 13.6. The van der Waals surface area contributed by atoms with Crippen molar-refractivity contribution >= 4 is 23.2 Å². The molecule has 3 aromatic heterocycles. The second-order valence-corrected chi connectivity index (χ2v) is 7.08. The van der Waals surface area contributed by atoms with E-state index in [4.69, 9.17) is 4.74 Å². The van der Waals surface area contributed by atoms with Gasteiger partial charge in [-0.3, -0.25) is 4.79 Å². The molecule has 156 valence electrons. The summed E-state index contributed by atoms with van der Waals surface area (Å²) in [6.45, 7) is 2.82. The van der Waals surface area contributed by atoms with Crippen LogP contribution in [0, 0.1) is 5.82 Å². The number of anilines is 2. The first-order valence-corrected chi connectivity index (χ1v) is 9.89. The Kier molecular flexibility index (Phi) is 5.01. The van der Waals surface area contributed by atoms with Crippen molar-refractivity contribution in [2.24, 2.45) is 0 Å². The van der Waals surface area contributed by atoms with Gasteiger partial charge in [0.1, 0.15) is 17.5 Å². The molecular weight excluding hydrogens is 399 g/mol. The molecule has 1 amide bonds. The molecule has 0 radical (unpaired) electrons. The van der Waals surface area contributed by atoms with Crippen molar-refractivity contribution in [1.29, 1.82) is 0 Å². The first-order valence-electron chi connectivity index (χ1n) is 9.89. The number of imidazole rings is 1. The number of nitrogens with one attached hydrogen (secondary N) is 1. The normalized spacial score (nSPS) is 14.0. The van der Waals surface area contributed by atoms with Crippen molar-refractivity contribution in [1.82, 2.24) is 19.6 Å². The van der Waals surface area contributed by atoms with Gasteiger partial charge in [-0.25, -0.2) is 18.9 Å². The number of benzene rings is 1. The third-order valence-corrected chi connectivity index (χ3v) is 5.04. The Labute approximate surface area is 177 Å². The lowest BCUT2D eigenvalue weighted by atomic mass is 10.2. The second kappa shape index (κ2) is 8.11. The number of morpholine rings is 1. The molecule has 31 heavy (non-hydrogen) atoms. The highest BCUT2D eigenvalue weighted by atomic mass is 19.1. The van der Waals surface area contributed by atoms with Gasteiger partial charge >= 0.3 is 0 Å². The van der Waals surface area contributed by atoms with Crippen LogP contribution < -0.4 is 10.2 Å². The number of hydrogen-bond donors (Lipinski definition) is 1. The molecule has 4 aromatic rings. The van der Waals surface area contributed by atoms with Gasteiger partial charge in [-0.2, -0.15) is 5.10 Å². The number of fused-ring (bicyclic) bond motifs is 1. The molecule has 0 bridgehead atoms. The van der Waals surface area contributed by atoms with Crippen LogP contribution in [0.15, 0.2) is 60.9 Å². The molecule has 1 N–H and O–H groups in total. The fourth-order valence-electron chi connectivity index (χ4n) is 3.51. The number of pyridine rings is 1. The zero-order valence-electron chi connectivity index (χ0n) is 16.5. The monoisotopic (exact) mass is 418 g/mol. The lowest BCUT2D eigenvalue weighted by molar-refractivity contribution is 0.102. The number of hydrogen-bond acceptors (Lipinski definition) is 6. The van der Waals surface area contributed by atoms with E-state index in [0.717, 1.165) is 18.9 Å². The van der Waals surface area contributed by atoms with Gasteiger partial charge in [-0.1, -0.05) is 18.2 Å². The smallest absolute Gasteiger partial charge is 0.260 e. The molecule has 0 atom stereocenters. The third-order valence-electron chi connectivity index (χ3n) is 5.04. The van der Waals surface area contributed by atoms with Crippen molar-refractivity contribution in [2.75, 3.05) is 36.5 Å². The summed E-state index contributed by atoms with van der Waals surface area (Å²) in [6, 6.07) is 13.2. The van der Waals surface area contributed by atoms with Crippen LogP contribution in [0.25, 0.3) is 16.9 Å². The van der Waals surface area contributed by atoms with Crippen LogP contribution in [-0.4, -0.2) is 51.8 Å². The zero-order chi connectivity index (χ0) is 21.2. The fourth-order valence-corrected chi connectivity index (χ4v) is 3.51. The SMILES string of the molecule is O=C(Nc1cccc(N2CCOCC2)n1)c1ccnn2cc(-c3cccc(F)c3)nc12. The van der Waals surface area contributed by atoms with Crippen molar-refractivity contribution in [3.05, 3.63) is 72.3 Å². The average molecular weight is 418 g/mol. The maximum Gasteiger partial charge on any atom is 0.260 e. The fraction of sp³-hybridized carbons (Fsp3) is 0.182. The van der Waals surface area contributed by atoms with Gasteiger partial charge in [0.25, 0.3) is 5.91 Å². The van der Waals surface area contributed by atoms with Gasteiger partial charge in [-0.15, -0.1) is 0 Å². The quantitative estimate of drug-likeness (QED) is 0.549. The molecule has 4 heterocycles. The molecule has 0 saturated carbocycles. The Morgan fingerprint density at radius 1 is 1.06 bits per heavy atom. The summed E-state index contributed by atoms with van der Waals surface area (Å²) in [6.07, 6.45) is 3.19. The zero-order valence-corrected chi connectivity index (χ0v) is 16.5. The molecule has 0 aliphatic carbocycles. The molecule has 1 aliphatic rings. The van der Waals surface area contributed by atoms with Gasteiger partial charge in [0.05, 0.1) is 30.7 Å². The minimum Gasteiger partial charge on any atom is -0.378 e. The third kappa shape index (κ3) is 3.95. The number of ether oxygens (including phenoxy) is 1. The van der Waals surface area contributed by atoms with Crippen LogP contribution in [0.5, 0.6) is 0 Å². The van der Waals surface area contributed by atoms with Gasteiger partial charge in [0.15, 0.2) is 5.65 Å². The number of amides is 1. The van der Waals surface area contributed by atoms with Gasteiger partial charge < -0.3 is 15.0 Å². The summed E-state index contributed by atoms with van der Waals surface area (Å²) in [5, 5.41) is 7.06. The van der Waals surface area contributed by atoms with Crippen molar-refractivity contribution in [3.8, 4) is 11.3 Å². The Morgan fingerprint density at radius 3 is 2.74 bits per heavy atom. The number of nitrogens with zero attached hydrogens (tertiary/aromatic N) is 5. The Bertz CT molecular complexity index is 1250. The molecule has 1 aromatic carbocycles. The number of carbonyl (C=O) groups is 1. The van der Waals surface area contributed by atoms with Crippen LogP contribution >= 0.6 is 0 Å². The van der Waals surface area contributed by atoms with Crippen molar-refractivity contribution < 1.29 is 13.9 Å². The van der Waals surface area contributed by atoms with E-state index >= 15 is 0 Å². The van der Waals surface area contributed by atoms with Gasteiger partial charge in [0.2, 0.25) is 0 Å². The van der Waals surface area contributed by atoms with Crippen LogP contribution in [-0.2, 0) is 4.74 Å². The first-order chi connectivity index (χ1) is 15.2. The molecule has 1 saturated heterocycles. The molecule has 1 fully saturated rings. The summed E-state index contributed by atoms with van der Waals surface area (Å²) in [5.41, 5.74) is 1.86. The summed E-state index contributed by atoms with van der Waals surface area (Å²) in [4.78, 5) is 24.2. The van der Waals surface area contributed by atoms with E-state index in [1.54, 1.807) is 30.5 Å².